The molecule has 0 aliphatic rings. The van der Waals surface area contributed by atoms with E-state index in [-0.39, 0.29) is 5.91 Å². The Morgan fingerprint density at radius 1 is 0.793 bits per heavy atom. The van der Waals surface area contributed by atoms with Gasteiger partial charge in [-0.25, -0.2) is 4.79 Å². The predicted octanol–water partition coefficient (Wildman–Crippen LogP) is 6.10. The molecule has 1 unspecified atom stereocenters. The number of amides is 1. The fraction of sp³-hybridized carbons (Fsp3) is 0.864. The Balaban J connectivity index is 3.50. The molecule has 0 saturated heterocycles. The van der Waals surface area contributed by atoms with Crippen LogP contribution in [0.15, 0.2) is 0 Å². The van der Waals surface area contributed by atoms with Gasteiger partial charge in [-0.2, -0.15) is 0 Å². The minimum Gasteiger partial charge on any atom is -0.481 e. The van der Waals surface area contributed by atoms with Crippen molar-refractivity contribution in [2.45, 2.75) is 122 Å². The molecule has 2 N–H and O–H groups in total. The second-order valence-electron chi connectivity index (χ2n) is 7.81. The van der Waals surface area contributed by atoms with Gasteiger partial charge in [0.15, 0.2) is 23.0 Å². The van der Waals surface area contributed by atoms with Crippen molar-refractivity contribution in [3.8, 4) is 0 Å². The maximum atomic E-state index is 11.9. The number of halogens is 1. The van der Waals surface area contributed by atoms with Crippen molar-refractivity contribution in [1.82, 2.24) is 5.32 Å². The molecule has 7 heteroatoms. The zero-order valence-electron chi connectivity index (χ0n) is 18.1. The van der Waals surface area contributed by atoms with Crippen molar-refractivity contribution in [3.05, 3.63) is 0 Å². The Bertz CT molecular complexity index is 445. The highest BCUT2D eigenvalue weighted by atomic mass is 127. The van der Waals surface area contributed by atoms with E-state index >= 15 is 0 Å². The number of hydrogen-bond donors (Lipinski definition) is 2. The molecule has 0 spiro atoms. The molecule has 0 aromatic rings. The number of nitrogens with one attached hydrogen (secondary N) is 1. The minimum atomic E-state index is -1.15. The topological polar surface area (TPSA) is 92.7 Å². The Morgan fingerprint density at radius 3 is 1.59 bits per heavy atom. The average Bonchev–Trinajstić information content (AvgIpc) is 2.69. The number of carbonyl (C=O) groups excluding carboxylic acids is 2. The number of carboxylic acids is 1. The van der Waals surface area contributed by atoms with E-state index in [1.54, 1.807) is 0 Å². The van der Waals surface area contributed by atoms with Crippen molar-refractivity contribution in [2.24, 2.45) is 0 Å². The van der Waals surface area contributed by atoms with Crippen LogP contribution in [0.3, 0.4) is 0 Å². The molecule has 170 valence electrons. The van der Waals surface area contributed by atoms with Gasteiger partial charge in [0.2, 0.25) is 5.91 Å². The first-order valence-corrected chi connectivity index (χ1v) is 12.2. The maximum Gasteiger partial charge on any atom is 0.338 e. The van der Waals surface area contributed by atoms with Gasteiger partial charge in [-0.15, -0.1) is 0 Å². The van der Waals surface area contributed by atoms with E-state index in [9.17, 15) is 14.4 Å². The Labute approximate surface area is 190 Å². The highest BCUT2D eigenvalue weighted by Crippen LogP contribution is 2.13. The molecule has 0 aromatic heterocycles. The third-order valence-electron chi connectivity index (χ3n) is 5.08. The van der Waals surface area contributed by atoms with Crippen molar-refractivity contribution >= 4 is 40.9 Å². The first kappa shape index (κ1) is 28.1. The smallest absolute Gasteiger partial charge is 0.338 e. The largest absolute Gasteiger partial charge is 0.481 e. The summed E-state index contributed by atoms with van der Waals surface area (Å²) in [6.07, 6.45) is 18.7. The van der Waals surface area contributed by atoms with E-state index in [4.69, 9.17) is 5.11 Å². The van der Waals surface area contributed by atoms with Crippen LogP contribution in [-0.2, 0) is 17.4 Å². The highest BCUT2D eigenvalue weighted by molar-refractivity contribution is 14.1. The van der Waals surface area contributed by atoms with Gasteiger partial charge in [0.05, 0.1) is 6.42 Å². The van der Waals surface area contributed by atoms with E-state index in [0.717, 1.165) is 19.3 Å². The average molecular weight is 525 g/mol. The Hall–Kier alpha value is -0.860. The van der Waals surface area contributed by atoms with Gasteiger partial charge in [0.1, 0.15) is 6.04 Å². The van der Waals surface area contributed by atoms with Crippen LogP contribution < -0.4 is 5.32 Å². The lowest BCUT2D eigenvalue weighted by Gasteiger charge is -2.13. The first-order chi connectivity index (χ1) is 14.0. The molecule has 1 atom stereocenters. The lowest BCUT2D eigenvalue weighted by Crippen LogP contribution is -2.42. The molecule has 0 bridgehead atoms. The summed E-state index contributed by atoms with van der Waals surface area (Å²) in [5.74, 6) is -2.19. The normalized spacial score (nSPS) is 11.8. The summed E-state index contributed by atoms with van der Waals surface area (Å²) < 4.78 is 4.50. The van der Waals surface area contributed by atoms with Crippen LogP contribution in [0, 0.1) is 0 Å². The van der Waals surface area contributed by atoms with E-state index < -0.39 is 24.4 Å². The molecule has 0 saturated carbocycles. The SMILES string of the molecule is CCCCCCCCCCCCCCCCCC(=O)NC(CC(=O)O)C(=O)OI. The third kappa shape index (κ3) is 18.9. The Morgan fingerprint density at radius 2 is 1.21 bits per heavy atom. The number of carboxylic acid groups (broad SMARTS) is 1. The number of aliphatic carboxylic acids is 1. The quantitative estimate of drug-likeness (QED) is 0.148. The number of rotatable bonds is 20. The third-order valence-corrected chi connectivity index (χ3v) is 5.52. The molecule has 0 heterocycles. The molecular weight excluding hydrogens is 485 g/mol. The molecule has 1 amide bonds. The number of carbonyl (C=O) groups is 3. The van der Waals surface area contributed by atoms with Gasteiger partial charge in [0, 0.05) is 6.42 Å². The first-order valence-electron chi connectivity index (χ1n) is 11.3. The molecule has 0 rings (SSSR count). The van der Waals surface area contributed by atoms with Gasteiger partial charge in [-0.3, -0.25) is 9.59 Å². The lowest BCUT2D eigenvalue weighted by molar-refractivity contribution is -0.144. The van der Waals surface area contributed by atoms with Gasteiger partial charge in [0.25, 0.3) is 0 Å². The molecule has 0 aromatic carbocycles. The fourth-order valence-electron chi connectivity index (χ4n) is 3.35. The molecule has 0 fully saturated rings. The standard InChI is InChI=1S/C22H40INO5/c1-2-3-4-5-6-7-8-9-10-11-12-13-14-15-16-17-20(25)24-19(18-21(26)27)22(28)29-23/h19H,2-18H2,1H3,(H,24,25)(H,26,27). The zero-order chi connectivity index (χ0) is 21.7. The second kappa shape index (κ2) is 20.4. The van der Waals surface area contributed by atoms with Crippen LogP contribution in [0.4, 0.5) is 0 Å². The van der Waals surface area contributed by atoms with E-state index in [1.807, 2.05) is 0 Å². The number of unbranched alkanes of at least 4 members (excludes halogenated alkanes) is 14. The summed E-state index contributed by atoms with van der Waals surface area (Å²) >= 11 is 1.39. The summed E-state index contributed by atoms with van der Waals surface area (Å²) in [7, 11) is 0. The molecule has 6 nitrogen and oxygen atoms in total. The van der Waals surface area contributed by atoms with Crippen molar-refractivity contribution in [3.63, 3.8) is 0 Å². The van der Waals surface area contributed by atoms with Gasteiger partial charge >= 0.3 is 11.9 Å². The Kier molecular flexibility index (Phi) is 19.8. The molecule has 0 radical (unpaired) electrons. The van der Waals surface area contributed by atoms with Crippen molar-refractivity contribution < 1.29 is 22.6 Å². The monoisotopic (exact) mass is 525 g/mol. The zero-order valence-corrected chi connectivity index (χ0v) is 20.2. The van der Waals surface area contributed by atoms with E-state index in [2.05, 4.69) is 15.3 Å². The summed E-state index contributed by atoms with van der Waals surface area (Å²) in [5, 5.41) is 11.2. The van der Waals surface area contributed by atoms with Crippen LogP contribution in [0.25, 0.3) is 0 Å². The van der Waals surface area contributed by atoms with Crippen LogP contribution in [0.2, 0.25) is 0 Å². The summed E-state index contributed by atoms with van der Waals surface area (Å²) in [6, 6.07) is -1.12. The highest BCUT2D eigenvalue weighted by Gasteiger charge is 2.24. The van der Waals surface area contributed by atoms with Gasteiger partial charge in [-0.1, -0.05) is 96.8 Å². The molecule has 0 aliphatic carbocycles. The van der Waals surface area contributed by atoms with Gasteiger partial charge in [-0.05, 0) is 6.42 Å². The minimum absolute atomic E-state index is 0.298. The molecular formula is C22H40INO5. The van der Waals surface area contributed by atoms with Crippen molar-refractivity contribution in [2.75, 3.05) is 0 Å². The van der Waals surface area contributed by atoms with E-state index in [0.29, 0.717) is 6.42 Å². The van der Waals surface area contributed by atoms with Crippen molar-refractivity contribution in [1.29, 1.82) is 0 Å². The second-order valence-corrected chi connectivity index (χ2v) is 8.25. The molecule has 0 aliphatic heterocycles. The number of hydrogen-bond acceptors (Lipinski definition) is 4. The predicted molar refractivity (Wildman–Crippen MR) is 124 cm³/mol. The summed E-state index contributed by atoms with van der Waals surface area (Å²) in [6.45, 7) is 2.25. The van der Waals surface area contributed by atoms with Gasteiger partial charge < -0.3 is 13.5 Å². The lowest BCUT2D eigenvalue weighted by atomic mass is 10.0. The van der Waals surface area contributed by atoms with Crippen LogP contribution in [-0.4, -0.2) is 29.0 Å². The van der Waals surface area contributed by atoms with E-state index in [1.165, 1.54) is 100 Å². The van der Waals surface area contributed by atoms with Crippen LogP contribution in [0.1, 0.15) is 116 Å². The van der Waals surface area contributed by atoms with Crippen LogP contribution in [0.5, 0.6) is 0 Å². The van der Waals surface area contributed by atoms with Crippen LogP contribution >= 0.6 is 23.0 Å². The fourth-order valence-corrected chi connectivity index (χ4v) is 3.65. The maximum absolute atomic E-state index is 11.9. The summed E-state index contributed by atoms with van der Waals surface area (Å²) in [5.41, 5.74) is 0. The summed E-state index contributed by atoms with van der Waals surface area (Å²) in [4.78, 5) is 34.1. The molecule has 29 heavy (non-hydrogen) atoms.